The van der Waals surface area contributed by atoms with E-state index < -0.39 is 18.2 Å². The van der Waals surface area contributed by atoms with Crippen molar-refractivity contribution in [3.8, 4) is 0 Å². The summed E-state index contributed by atoms with van der Waals surface area (Å²) in [6.07, 6.45) is -5.12. The summed E-state index contributed by atoms with van der Waals surface area (Å²) in [7, 11) is 0. The van der Waals surface area contributed by atoms with Gasteiger partial charge in [-0.2, -0.15) is 13.2 Å². The lowest BCUT2D eigenvalue weighted by Crippen LogP contribution is -2.30. The van der Waals surface area contributed by atoms with Crippen LogP contribution in [0.5, 0.6) is 0 Å². The van der Waals surface area contributed by atoms with Crippen LogP contribution in [-0.2, 0) is 12.0 Å². The predicted octanol–water partition coefficient (Wildman–Crippen LogP) is 2.93. The Morgan fingerprint density at radius 2 is 2.12 bits per heavy atom. The van der Waals surface area contributed by atoms with Crippen molar-refractivity contribution in [1.29, 1.82) is 0 Å². The van der Waals surface area contributed by atoms with E-state index in [0.717, 1.165) is 0 Å². The first-order valence-electron chi connectivity index (χ1n) is 4.75. The summed E-state index contributed by atoms with van der Waals surface area (Å²) in [5.74, 6) is 0. The lowest BCUT2D eigenvalue weighted by atomic mass is 9.96. The van der Waals surface area contributed by atoms with E-state index in [4.69, 9.17) is 0 Å². The monoisotopic (exact) mass is 295 g/mol. The standard InChI is InChI=1S/C10H9BrF3NO/c11-7-2-1-6-3-4-9(16,8(6)15-7)5-10(12,13)14/h1-2,16H,3-5H2. The zero-order valence-corrected chi connectivity index (χ0v) is 9.77. The Kier molecular flexibility index (Phi) is 2.74. The molecular weight excluding hydrogens is 287 g/mol. The molecular formula is C10H9BrF3NO. The summed E-state index contributed by atoms with van der Waals surface area (Å²) in [4.78, 5) is 3.96. The smallest absolute Gasteiger partial charge is 0.383 e. The van der Waals surface area contributed by atoms with E-state index in [-0.39, 0.29) is 12.1 Å². The Bertz CT molecular complexity index is 421. The summed E-state index contributed by atoms with van der Waals surface area (Å²) in [6.45, 7) is 0. The molecule has 2 nitrogen and oxygen atoms in total. The fraction of sp³-hybridized carbons (Fsp3) is 0.500. The van der Waals surface area contributed by atoms with Gasteiger partial charge in [-0.15, -0.1) is 0 Å². The fourth-order valence-corrected chi connectivity index (χ4v) is 2.34. The molecule has 0 aromatic carbocycles. The molecule has 0 amide bonds. The van der Waals surface area contributed by atoms with E-state index in [0.29, 0.717) is 16.6 Å². The summed E-state index contributed by atoms with van der Waals surface area (Å²) >= 11 is 3.09. The Morgan fingerprint density at radius 3 is 2.75 bits per heavy atom. The van der Waals surface area contributed by atoms with E-state index in [1.165, 1.54) is 0 Å². The molecule has 1 aliphatic rings. The minimum absolute atomic E-state index is 0.0747. The van der Waals surface area contributed by atoms with E-state index in [1.54, 1.807) is 12.1 Å². The number of aromatic nitrogens is 1. The molecule has 16 heavy (non-hydrogen) atoms. The first-order valence-corrected chi connectivity index (χ1v) is 5.54. The quantitative estimate of drug-likeness (QED) is 0.808. The van der Waals surface area contributed by atoms with Gasteiger partial charge in [0, 0.05) is 0 Å². The Balaban J connectivity index is 2.38. The van der Waals surface area contributed by atoms with Crippen molar-refractivity contribution in [3.05, 3.63) is 28.0 Å². The SMILES string of the molecule is OC1(CC(F)(F)F)CCc2ccc(Br)nc21. The van der Waals surface area contributed by atoms with Crippen LogP contribution in [0.25, 0.3) is 0 Å². The molecule has 0 fully saturated rings. The third kappa shape index (κ3) is 2.22. The van der Waals surface area contributed by atoms with Crippen LogP contribution < -0.4 is 0 Å². The highest BCUT2D eigenvalue weighted by Crippen LogP contribution is 2.43. The van der Waals surface area contributed by atoms with Gasteiger partial charge >= 0.3 is 6.18 Å². The zero-order valence-electron chi connectivity index (χ0n) is 8.18. The third-order valence-corrected chi connectivity index (χ3v) is 3.13. The maximum atomic E-state index is 12.3. The minimum Gasteiger partial charge on any atom is -0.383 e. The molecule has 1 heterocycles. The molecule has 6 heteroatoms. The number of aryl methyl sites for hydroxylation is 1. The highest BCUT2D eigenvalue weighted by Gasteiger charge is 2.47. The largest absolute Gasteiger partial charge is 0.392 e. The first kappa shape index (κ1) is 11.9. The van der Waals surface area contributed by atoms with Crippen LogP contribution >= 0.6 is 15.9 Å². The van der Waals surface area contributed by atoms with Gasteiger partial charge in [0.1, 0.15) is 10.2 Å². The van der Waals surface area contributed by atoms with Crippen molar-refractivity contribution in [2.75, 3.05) is 0 Å². The van der Waals surface area contributed by atoms with Crippen LogP contribution in [0.15, 0.2) is 16.7 Å². The van der Waals surface area contributed by atoms with Crippen LogP contribution in [0, 0.1) is 0 Å². The second kappa shape index (κ2) is 3.70. The van der Waals surface area contributed by atoms with Crippen LogP contribution in [0.3, 0.4) is 0 Å². The molecule has 0 aliphatic heterocycles. The van der Waals surface area contributed by atoms with Crippen LogP contribution in [0.4, 0.5) is 13.2 Å². The topological polar surface area (TPSA) is 33.1 Å². The molecule has 0 bridgehead atoms. The van der Waals surface area contributed by atoms with Gasteiger partial charge in [0.25, 0.3) is 0 Å². The van der Waals surface area contributed by atoms with Gasteiger partial charge in [-0.05, 0) is 40.4 Å². The number of alkyl halides is 3. The highest BCUT2D eigenvalue weighted by molar-refractivity contribution is 9.10. The number of rotatable bonds is 1. The lowest BCUT2D eigenvalue weighted by molar-refractivity contribution is -0.179. The summed E-state index contributed by atoms with van der Waals surface area (Å²) in [6, 6.07) is 3.36. The van der Waals surface area contributed by atoms with Crippen LogP contribution in [0.2, 0.25) is 0 Å². The number of hydrogen-bond donors (Lipinski definition) is 1. The average molecular weight is 296 g/mol. The Labute approximate surface area is 98.6 Å². The van der Waals surface area contributed by atoms with Crippen LogP contribution in [-0.4, -0.2) is 16.3 Å². The number of fused-ring (bicyclic) bond motifs is 1. The number of pyridine rings is 1. The second-order valence-corrected chi connectivity index (χ2v) is 4.78. The zero-order chi connectivity index (χ0) is 12.0. The third-order valence-electron chi connectivity index (χ3n) is 2.69. The predicted molar refractivity (Wildman–Crippen MR) is 54.8 cm³/mol. The minimum atomic E-state index is -4.39. The van der Waals surface area contributed by atoms with Crippen molar-refractivity contribution in [1.82, 2.24) is 4.98 Å². The molecule has 1 N–H and O–H groups in total. The summed E-state index contributed by atoms with van der Waals surface area (Å²) in [5.41, 5.74) is -1.02. The molecule has 1 aromatic rings. The molecule has 0 radical (unpaired) electrons. The van der Waals surface area contributed by atoms with Gasteiger partial charge in [0.15, 0.2) is 0 Å². The molecule has 0 spiro atoms. The van der Waals surface area contributed by atoms with Gasteiger partial charge in [0.05, 0.1) is 12.1 Å². The molecule has 1 unspecified atom stereocenters. The first-order chi connectivity index (χ1) is 7.30. The van der Waals surface area contributed by atoms with Crippen molar-refractivity contribution >= 4 is 15.9 Å². The number of aliphatic hydroxyl groups is 1. The Hall–Kier alpha value is -0.620. The van der Waals surface area contributed by atoms with E-state index in [2.05, 4.69) is 20.9 Å². The lowest BCUT2D eigenvalue weighted by Gasteiger charge is -2.24. The van der Waals surface area contributed by atoms with E-state index >= 15 is 0 Å². The molecule has 0 saturated heterocycles. The van der Waals surface area contributed by atoms with Crippen molar-refractivity contribution in [3.63, 3.8) is 0 Å². The highest BCUT2D eigenvalue weighted by atomic mass is 79.9. The molecule has 1 aliphatic carbocycles. The maximum Gasteiger partial charge on any atom is 0.392 e. The van der Waals surface area contributed by atoms with Crippen molar-refractivity contribution in [2.24, 2.45) is 0 Å². The van der Waals surface area contributed by atoms with Gasteiger partial charge in [-0.3, -0.25) is 0 Å². The fourth-order valence-electron chi connectivity index (χ4n) is 2.03. The number of hydrogen-bond acceptors (Lipinski definition) is 2. The molecule has 2 rings (SSSR count). The summed E-state index contributed by atoms with van der Waals surface area (Å²) < 4.78 is 37.5. The van der Waals surface area contributed by atoms with Gasteiger partial charge in [-0.25, -0.2) is 4.98 Å². The van der Waals surface area contributed by atoms with Gasteiger partial charge in [0.2, 0.25) is 0 Å². The number of nitrogens with zero attached hydrogens (tertiary/aromatic N) is 1. The molecule has 0 saturated carbocycles. The van der Waals surface area contributed by atoms with Crippen molar-refractivity contribution < 1.29 is 18.3 Å². The van der Waals surface area contributed by atoms with Gasteiger partial charge in [-0.1, -0.05) is 6.07 Å². The van der Waals surface area contributed by atoms with Gasteiger partial charge < -0.3 is 5.11 Å². The molecule has 1 aromatic heterocycles. The van der Waals surface area contributed by atoms with E-state index in [1.807, 2.05) is 0 Å². The van der Waals surface area contributed by atoms with Crippen molar-refractivity contribution in [2.45, 2.75) is 31.0 Å². The Morgan fingerprint density at radius 1 is 1.44 bits per heavy atom. The normalized spacial score (nSPS) is 24.6. The number of halogens is 4. The summed E-state index contributed by atoms with van der Waals surface area (Å²) in [5, 5.41) is 10.0. The van der Waals surface area contributed by atoms with Crippen LogP contribution in [0.1, 0.15) is 24.1 Å². The second-order valence-electron chi connectivity index (χ2n) is 3.97. The van der Waals surface area contributed by atoms with E-state index in [9.17, 15) is 18.3 Å². The molecule has 1 atom stereocenters. The maximum absolute atomic E-state index is 12.3. The average Bonchev–Trinajstić information content (AvgIpc) is 2.41. The molecule has 88 valence electrons.